The summed E-state index contributed by atoms with van der Waals surface area (Å²) < 4.78 is 13.2. The predicted molar refractivity (Wildman–Crippen MR) is 50.9 cm³/mol. The fraction of sp³-hybridized carbons (Fsp3) is 0.100. The van der Waals surface area contributed by atoms with E-state index in [0.29, 0.717) is 16.8 Å². The van der Waals surface area contributed by atoms with Crippen LogP contribution in [0.1, 0.15) is 5.56 Å². The Bertz CT molecular complexity index is 466. The molecule has 0 aliphatic carbocycles. The van der Waals surface area contributed by atoms with E-state index in [-0.39, 0.29) is 5.82 Å². The number of nitrogens with zero attached hydrogens (tertiary/aromatic N) is 1. The van der Waals surface area contributed by atoms with E-state index in [4.69, 9.17) is 5.73 Å². The van der Waals surface area contributed by atoms with Crippen LogP contribution in [-0.4, -0.2) is 4.98 Å². The Morgan fingerprint density at radius 3 is 3.00 bits per heavy atom. The standard InChI is InChI=1S/C10H9FN2/c1-6-7-3-2-4-13-10(7)9(12)5-8(6)11/h2-5H,12H2,1H3. The second kappa shape index (κ2) is 2.69. The largest absolute Gasteiger partial charge is 0.397 e. The Morgan fingerprint density at radius 1 is 1.46 bits per heavy atom. The van der Waals surface area contributed by atoms with Gasteiger partial charge in [0.25, 0.3) is 0 Å². The number of nitrogens with two attached hydrogens (primary N) is 1. The van der Waals surface area contributed by atoms with Gasteiger partial charge < -0.3 is 5.73 Å². The molecule has 2 rings (SSSR count). The van der Waals surface area contributed by atoms with Crippen molar-refractivity contribution in [3.8, 4) is 0 Å². The van der Waals surface area contributed by atoms with Gasteiger partial charge in [0.15, 0.2) is 0 Å². The quantitative estimate of drug-likeness (QED) is 0.625. The van der Waals surface area contributed by atoms with Crippen LogP contribution in [-0.2, 0) is 0 Å². The molecular formula is C10H9FN2. The molecule has 0 saturated heterocycles. The molecular weight excluding hydrogens is 167 g/mol. The fourth-order valence-corrected chi connectivity index (χ4v) is 1.38. The highest BCUT2D eigenvalue weighted by Gasteiger charge is 2.06. The van der Waals surface area contributed by atoms with E-state index >= 15 is 0 Å². The molecule has 0 aliphatic rings. The molecule has 2 nitrogen and oxygen atoms in total. The molecule has 2 aromatic rings. The SMILES string of the molecule is Cc1c(F)cc(N)c2ncccc12. The van der Waals surface area contributed by atoms with E-state index in [0.717, 1.165) is 5.39 Å². The van der Waals surface area contributed by atoms with Crippen molar-refractivity contribution in [1.82, 2.24) is 4.98 Å². The van der Waals surface area contributed by atoms with Gasteiger partial charge in [0, 0.05) is 11.6 Å². The zero-order chi connectivity index (χ0) is 9.42. The van der Waals surface area contributed by atoms with E-state index < -0.39 is 0 Å². The van der Waals surface area contributed by atoms with Gasteiger partial charge >= 0.3 is 0 Å². The molecule has 0 fully saturated rings. The van der Waals surface area contributed by atoms with Gasteiger partial charge in [-0.15, -0.1) is 0 Å². The number of rotatable bonds is 0. The molecule has 0 radical (unpaired) electrons. The average Bonchev–Trinajstić information content (AvgIpc) is 2.15. The number of aromatic nitrogens is 1. The summed E-state index contributed by atoms with van der Waals surface area (Å²) in [6.07, 6.45) is 1.65. The molecule has 0 bridgehead atoms. The summed E-state index contributed by atoms with van der Waals surface area (Å²) >= 11 is 0. The first-order chi connectivity index (χ1) is 6.20. The molecule has 66 valence electrons. The number of aryl methyl sites for hydroxylation is 1. The van der Waals surface area contributed by atoms with Gasteiger partial charge in [-0.2, -0.15) is 0 Å². The van der Waals surface area contributed by atoms with Gasteiger partial charge in [-0.1, -0.05) is 6.07 Å². The molecule has 13 heavy (non-hydrogen) atoms. The highest BCUT2D eigenvalue weighted by atomic mass is 19.1. The van der Waals surface area contributed by atoms with Gasteiger partial charge in [-0.25, -0.2) is 4.39 Å². The number of fused-ring (bicyclic) bond motifs is 1. The lowest BCUT2D eigenvalue weighted by Gasteiger charge is -2.04. The minimum atomic E-state index is -0.280. The van der Waals surface area contributed by atoms with Crippen molar-refractivity contribution in [1.29, 1.82) is 0 Å². The average molecular weight is 176 g/mol. The highest BCUT2D eigenvalue weighted by Crippen LogP contribution is 2.24. The Labute approximate surface area is 75.2 Å². The Hall–Kier alpha value is -1.64. The summed E-state index contributed by atoms with van der Waals surface area (Å²) in [5, 5.41) is 0.778. The lowest BCUT2D eigenvalue weighted by molar-refractivity contribution is 0.621. The van der Waals surface area contributed by atoms with Crippen molar-refractivity contribution >= 4 is 16.6 Å². The van der Waals surface area contributed by atoms with Crippen LogP contribution in [0.3, 0.4) is 0 Å². The topological polar surface area (TPSA) is 38.9 Å². The lowest BCUT2D eigenvalue weighted by atomic mass is 10.1. The van der Waals surface area contributed by atoms with E-state index in [1.54, 1.807) is 19.2 Å². The minimum Gasteiger partial charge on any atom is -0.397 e. The Balaban J connectivity index is 2.97. The number of pyridine rings is 1. The van der Waals surface area contributed by atoms with Gasteiger partial charge in [0.2, 0.25) is 0 Å². The van der Waals surface area contributed by atoms with Crippen molar-refractivity contribution < 1.29 is 4.39 Å². The normalized spacial score (nSPS) is 10.6. The third-order valence-electron chi connectivity index (χ3n) is 2.13. The van der Waals surface area contributed by atoms with Crippen molar-refractivity contribution in [2.75, 3.05) is 5.73 Å². The maximum Gasteiger partial charge on any atom is 0.128 e. The van der Waals surface area contributed by atoms with Crippen LogP contribution in [0, 0.1) is 12.7 Å². The maximum absolute atomic E-state index is 13.2. The van der Waals surface area contributed by atoms with Crippen LogP contribution < -0.4 is 5.73 Å². The molecule has 2 N–H and O–H groups in total. The summed E-state index contributed by atoms with van der Waals surface area (Å²) in [7, 11) is 0. The predicted octanol–water partition coefficient (Wildman–Crippen LogP) is 2.26. The van der Waals surface area contributed by atoms with Crippen LogP contribution in [0.2, 0.25) is 0 Å². The number of hydrogen-bond acceptors (Lipinski definition) is 2. The first-order valence-electron chi connectivity index (χ1n) is 3.99. The summed E-state index contributed by atoms with van der Waals surface area (Å²) in [4.78, 5) is 4.09. The van der Waals surface area contributed by atoms with Gasteiger partial charge in [-0.05, 0) is 24.6 Å². The van der Waals surface area contributed by atoms with Crippen molar-refractivity contribution in [3.05, 3.63) is 35.8 Å². The molecule has 0 saturated carbocycles. The molecule has 0 aliphatic heterocycles. The van der Waals surface area contributed by atoms with Crippen LogP contribution in [0.5, 0.6) is 0 Å². The second-order valence-electron chi connectivity index (χ2n) is 2.97. The lowest BCUT2D eigenvalue weighted by Crippen LogP contribution is -1.94. The van der Waals surface area contributed by atoms with E-state index in [1.807, 2.05) is 6.07 Å². The third kappa shape index (κ3) is 1.13. The van der Waals surface area contributed by atoms with Gasteiger partial charge in [0.05, 0.1) is 11.2 Å². The van der Waals surface area contributed by atoms with Gasteiger partial charge in [-0.3, -0.25) is 4.98 Å². The molecule has 1 heterocycles. The molecule has 0 spiro atoms. The highest BCUT2D eigenvalue weighted by molar-refractivity contribution is 5.91. The third-order valence-corrected chi connectivity index (χ3v) is 2.13. The van der Waals surface area contributed by atoms with Crippen LogP contribution >= 0.6 is 0 Å². The number of benzene rings is 1. The van der Waals surface area contributed by atoms with E-state index in [1.165, 1.54) is 6.07 Å². The molecule has 3 heteroatoms. The number of hydrogen-bond donors (Lipinski definition) is 1. The van der Waals surface area contributed by atoms with Crippen molar-refractivity contribution in [2.24, 2.45) is 0 Å². The number of anilines is 1. The van der Waals surface area contributed by atoms with Gasteiger partial charge in [0.1, 0.15) is 5.82 Å². The monoisotopic (exact) mass is 176 g/mol. The van der Waals surface area contributed by atoms with Crippen molar-refractivity contribution in [2.45, 2.75) is 6.92 Å². The first kappa shape index (κ1) is 7.98. The summed E-state index contributed by atoms with van der Waals surface area (Å²) in [5.74, 6) is -0.280. The summed E-state index contributed by atoms with van der Waals surface area (Å²) in [6.45, 7) is 1.72. The molecule has 0 atom stereocenters. The molecule has 1 aromatic carbocycles. The van der Waals surface area contributed by atoms with Crippen LogP contribution in [0.25, 0.3) is 10.9 Å². The molecule has 0 unspecified atom stereocenters. The van der Waals surface area contributed by atoms with Crippen LogP contribution in [0.15, 0.2) is 24.4 Å². The maximum atomic E-state index is 13.2. The second-order valence-corrected chi connectivity index (χ2v) is 2.97. The Kier molecular flexibility index (Phi) is 1.65. The molecule has 0 amide bonds. The zero-order valence-corrected chi connectivity index (χ0v) is 7.21. The summed E-state index contributed by atoms with van der Waals surface area (Å²) in [5.41, 5.74) is 7.27. The number of nitrogen functional groups attached to an aromatic ring is 1. The fourth-order valence-electron chi connectivity index (χ4n) is 1.38. The smallest absolute Gasteiger partial charge is 0.128 e. The number of halogens is 1. The summed E-state index contributed by atoms with van der Waals surface area (Å²) in [6, 6.07) is 4.90. The Morgan fingerprint density at radius 2 is 2.23 bits per heavy atom. The van der Waals surface area contributed by atoms with Crippen LogP contribution in [0.4, 0.5) is 10.1 Å². The first-order valence-corrected chi connectivity index (χ1v) is 3.99. The minimum absolute atomic E-state index is 0.280. The van der Waals surface area contributed by atoms with E-state index in [2.05, 4.69) is 4.98 Å². The van der Waals surface area contributed by atoms with E-state index in [9.17, 15) is 4.39 Å². The molecule has 1 aromatic heterocycles. The zero-order valence-electron chi connectivity index (χ0n) is 7.21. The van der Waals surface area contributed by atoms with Crippen molar-refractivity contribution in [3.63, 3.8) is 0 Å².